The van der Waals surface area contributed by atoms with Crippen molar-refractivity contribution in [2.24, 2.45) is 17.8 Å². The van der Waals surface area contributed by atoms with Crippen LogP contribution in [0.5, 0.6) is 0 Å². The maximum absolute atomic E-state index is 12.6. The Kier molecular flexibility index (Phi) is 5.20. The highest BCUT2D eigenvalue weighted by molar-refractivity contribution is 5.86. The van der Waals surface area contributed by atoms with Gasteiger partial charge in [0.1, 0.15) is 0 Å². The molecule has 0 aromatic heterocycles. The molecule has 1 aromatic carbocycles. The van der Waals surface area contributed by atoms with Gasteiger partial charge in [0.05, 0.1) is 23.4 Å². The summed E-state index contributed by atoms with van der Waals surface area (Å²) in [4.78, 5) is 23.3. The first-order valence-electron chi connectivity index (χ1n) is 7.81. The Hall–Kier alpha value is -2.05. The molecule has 3 unspecified atom stereocenters. The Labute approximate surface area is 138 Å². The average Bonchev–Trinajstić information content (AvgIpc) is 2.41. The van der Waals surface area contributed by atoms with Crippen molar-refractivity contribution >= 4 is 11.9 Å². The van der Waals surface area contributed by atoms with Crippen LogP contribution in [0.4, 0.5) is 13.2 Å². The molecule has 1 fully saturated rings. The van der Waals surface area contributed by atoms with Gasteiger partial charge >= 0.3 is 12.1 Å². The molecule has 2 rings (SSSR count). The largest absolute Gasteiger partial charge is 0.481 e. The molecule has 1 aromatic rings. The lowest BCUT2D eigenvalue weighted by molar-refractivity contribution is -0.153. The minimum absolute atomic E-state index is 0.0472. The summed E-state index contributed by atoms with van der Waals surface area (Å²) >= 11 is 0. The molecule has 0 heterocycles. The molecule has 7 heteroatoms. The van der Waals surface area contributed by atoms with E-state index < -0.39 is 35.6 Å². The Bertz CT molecular complexity index is 611. The van der Waals surface area contributed by atoms with Gasteiger partial charge in [-0.3, -0.25) is 9.59 Å². The minimum atomic E-state index is -4.41. The van der Waals surface area contributed by atoms with Crippen molar-refractivity contribution in [2.45, 2.75) is 38.9 Å². The molecule has 0 bridgehead atoms. The molecule has 3 atom stereocenters. The number of amides is 1. The number of aliphatic carboxylic acids is 1. The summed E-state index contributed by atoms with van der Waals surface area (Å²) in [5.74, 6) is -2.64. The topological polar surface area (TPSA) is 66.4 Å². The lowest BCUT2D eigenvalue weighted by atomic mass is 9.73. The third-order valence-electron chi connectivity index (χ3n) is 4.49. The van der Waals surface area contributed by atoms with Crippen molar-refractivity contribution in [2.75, 3.05) is 0 Å². The van der Waals surface area contributed by atoms with Crippen LogP contribution in [0.2, 0.25) is 0 Å². The molecule has 1 aliphatic rings. The van der Waals surface area contributed by atoms with Crippen LogP contribution >= 0.6 is 0 Å². The van der Waals surface area contributed by atoms with Gasteiger partial charge in [-0.05, 0) is 36.5 Å². The first kappa shape index (κ1) is 18.3. The predicted octanol–water partition coefficient (Wildman–Crippen LogP) is 3.63. The molecular weight excluding hydrogens is 323 g/mol. The van der Waals surface area contributed by atoms with Gasteiger partial charge in [-0.1, -0.05) is 26.0 Å². The summed E-state index contributed by atoms with van der Waals surface area (Å²) in [7, 11) is 0. The van der Waals surface area contributed by atoms with Crippen LogP contribution in [0.3, 0.4) is 0 Å². The summed E-state index contributed by atoms with van der Waals surface area (Å²) in [6, 6.07) is 4.21. The maximum Gasteiger partial charge on any atom is 0.416 e. The zero-order valence-corrected chi connectivity index (χ0v) is 13.4. The summed E-state index contributed by atoms with van der Waals surface area (Å²) in [6.07, 6.45) is -3.42. The van der Waals surface area contributed by atoms with Gasteiger partial charge in [0.15, 0.2) is 0 Å². The minimum Gasteiger partial charge on any atom is -0.481 e. The Morgan fingerprint density at radius 3 is 2.04 bits per heavy atom. The normalized spacial score (nSPS) is 21.9. The number of benzene rings is 1. The van der Waals surface area contributed by atoms with E-state index in [2.05, 4.69) is 5.32 Å². The number of carboxylic acid groups (broad SMARTS) is 1. The predicted molar refractivity (Wildman–Crippen MR) is 81.0 cm³/mol. The molecule has 1 amide bonds. The van der Waals surface area contributed by atoms with Crippen molar-refractivity contribution in [3.8, 4) is 0 Å². The van der Waals surface area contributed by atoms with E-state index in [9.17, 15) is 22.8 Å². The first-order valence-corrected chi connectivity index (χ1v) is 7.81. The van der Waals surface area contributed by atoms with E-state index in [1.807, 2.05) is 13.8 Å². The van der Waals surface area contributed by atoms with Crippen LogP contribution in [-0.2, 0) is 15.8 Å². The molecule has 0 saturated heterocycles. The highest BCUT2D eigenvalue weighted by Crippen LogP contribution is 2.36. The molecule has 4 nitrogen and oxygen atoms in total. The van der Waals surface area contributed by atoms with E-state index in [1.165, 1.54) is 12.1 Å². The average molecular weight is 343 g/mol. The first-order chi connectivity index (χ1) is 11.1. The van der Waals surface area contributed by atoms with E-state index >= 15 is 0 Å². The second kappa shape index (κ2) is 6.83. The van der Waals surface area contributed by atoms with Gasteiger partial charge in [0.25, 0.3) is 0 Å². The van der Waals surface area contributed by atoms with Gasteiger partial charge in [-0.15, -0.1) is 0 Å². The maximum atomic E-state index is 12.6. The van der Waals surface area contributed by atoms with Crippen molar-refractivity contribution in [3.63, 3.8) is 0 Å². The van der Waals surface area contributed by atoms with Crippen molar-refractivity contribution in [3.05, 3.63) is 35.4 Å². The molecule has 1 aliphatic carbocycles. The number of carboxylic acids is 1. The fraction of sp³-hybridized carbons (Fsp3) is 0.529. The molecular formula is C17H20F3NO3. The van der Waals surface area contributed by atoms with Gasteiger partial charge in [-0.2, -0.15) is 13.2 Å². The van der Waals surface area contributed by atoms with Crippen LogP contribution < -0.4 is 5.32 Å². The molecule has 24 heavy (non-hydrogen) atoms. The number of carbonyl (C=O) groups excluding carboxylic acids is 1. The number of hydrogen-bond acceptors (Lipinski definition) is 2. The summed E-state index contributed by atoms with van der Waals surface area (Å²) in [5.41, 5.74) is -0.178. The summed E-state index contributed by atoms with van der Waals surface area (Å²) in [5, 5.41) is 11.8. The molecule has 132 valence electrons. The van der Waals surface area contributed by atoms with E-state index in [1.54, 1.807) is 0 Å². The third-order valence-corrected chi connectivity index (χ3v) is 4.49. The van der Waals surface area contributed by atoms with Crippen LogP contribution in [0, 0.1) is 17.8 Å². The van der Waals surface area contributed by atoms with Crippen molar-refractivity contribution in [1.29, 1.82) is 0 Å². The highest BCUT2D eigenvalue weighted by Gasteiger charge is 2.42. The number of alkyl halides is 3. The Morgan fingerprint density at radius 2 is 1.67 bits per heavy atom. The number of halogens is 3. The molecule has 0 radical (unpaired) electrons. The fourth-order valence-corrected chi connectivity index (χ4v) is 2.88. The van der Waals surface area contributed by atoms with E-state index in [0.717, 1.165) is 12.1 Å². The number of carbonyl (C=O) groups is 2. The molecule has 0 spiro atoms. The number of nitrogens with one attached hydrogen (secondary N) is 1. The summed E-state index contributed by atoms with van der Waals surface area (Å²) < 4.78 is 37.9. The van der Waals surface area contributed by atoms with Gasteiger partial charge in [-0.25, -0.2) is 0 Å². The fourth-order valence-electron chi connectivity index (χ4n) is 2.88. The van der Waals surface area contributed by atoms with Crippen LogP contribution in [-0.4, -0.2) is 17.0 Å². The van der Waals surface area contributed by atoms with Gasteiger partial charge in [0, 0.05) is 0 Å². The Balaban J connectivity index is 2.12. The lowest BCUT2D eigenvalue weighted by Crippen LogP contribution is -2.45. The SMILES string of the molecule is CC(C)C(NC(=O)C1CCC1C(=O)O)c1ccc(C(F)(F)F)cc1. The zero-order valence-electron chi connectivity index (χ0n) is 13.4. The van der Waals surface area contributed by atoms with Crippen LogP contribution in [0.15, 0.2) is 24.3 Å². The summed E-state index contributed by atoms with van der Waals surface area (Å²) in [6.45, 7) is 3.69. The zero-order chi connectivity index (χ0) is 18.1. The van der Waals surface area contributed by atoms with Crippen molar-refractivity contribution in [1.82, 2.24) is 5.32 Å². The van der Waals surface area contributed by atoms with E-state index in [4.69, 9.17) is 5.11 Å². The van der Waals surface area contributed by atoms with E-state index in [-0.39, 0.29) is 11.8 Å². The number of hydrogen-bond donors (Lipinski definition) is 2. The van der Waals surface area contributed by atoms with Crippen LogP contribution in [0.1, 0.15) is 43.9 Å². The van der Waals surface area contributed by atoms with E-state index in [0.29, 0.717) is 18.4 Å². The highest BCUT2D eigenvalue weighted by atomic mass is 19.4. The quantitative estimate of drug-likeness (QED) is 0.858. The molecule has 0 aliphatic heterocycles. The second-order valence-corrected chi connectivity index (χ2v) is 6.48. The Morgan fingerprint density at radius 1 is 1.12 bits per heavy atom. The molecule has 1 saturated carbocycles. The van der Waals surface area contributed by atoms with Crippen LogP contribution in [0.25, 0.3) is 0 Å². The third kappa shape index (κ3) is 3.88. The molecule has 2 N–H and O–H groups in total. The van der Waals surface area contributed by atoms with Gasteiger partial charge < -0.3 is 10.4 Å². The lowest BCUT2D eigenvalue weighted by Gasteiger charge is -2.34. The second-order valence-electron chi connectivity index (χ2n) is 6.48. The monoisotopic (exact) mass is 343 g/mol. The standard InChI is InChI=1S/C17H20F3NO3/c1-9(2)14(10-3-5-11(6-4-10)17(18,19)20)21-15(22)12-7-8-13(12)16(23)24/h3-6,9,12-14H,7-8H2,1-2H3,(H,21,22)(H,23,24). The van der Waals surface area contributed by atoms with Gasteiger partial charge in [0.2, 0.25) is 5.91 Å². The smallest absolute Gasteiger partial charge is 0.416 e. The number of rotatable bonds is 5. The van der Waals surface area contributed by atoms with Crippen molar-refractivity contribution < 1.29 is 27.9 Å².